The van der Waals surface area contributed by atoms with Crippen LogP contribution < -0.4 is 11.3 Å². The van der Waals surface area contributed by atoms with E-state index >= 15 is 0 Å². The molecule has 0 radical (unpaired) electrons. The molecule has 5 nitrogen and oxygen atoms in total. The van der Waals surface area contributed by atoms with Crippen LogP contribution >= 0.6 is 39.1 Å². The van der Waals surface area contributed by atoms with Crippen LogP contribution in [0.15, 0.2) is 57.8 Å². The Balaban J connectivity index is 1.88. The molecule has 0 unspecified atom stereocenters. The molecule has 2 aromatic carbocycles. The van der Waals surface area contributed by atoms with Gasteiger partial charge in [0.2, 0.25) is 0 Å². The second-order valence-electron chi connectivity index (χ2n) is 6.58. The molecular weight excluding hydrogens is 475 g/mol. The summed E-state index contributed by atoms with van der Waals surface area (Å²) in [6.07, 6.45) is 0.500. The van der Waals surface area contributed by atoms with Crippen LogP contribution in [0.2, 0.25) is 10.0 Å². The van der Waals surface area contributed by atoms with Crippen LogP contribution in [0.4, 0.5) is 5.82 Å². The highest BCUT2D eigenvalue weighted by Crippen LogP contribution is 2.34. The first-order valence-electron chi connectivity index (χ1n) is 8.70. The maximum Gasteiger partial charge on any atom is 0.259 e. The lowest BCUT2D eigenvalue weighted by Crippen LogP contribution is -2.21. The van der Waals surface area contributed by atoms with E-state index in [2.05, 4.69) is 25.9 Å². The van der Waals surface area contributed by atoms with E-state index in [4.69, 9.17) is 28.9 Å². The molecule has 8 heteroatoms. The van der Waals surface area contributed by atoms with Gasteiger partial charge in [0.05, 0.1) is 21.0 Å². The van der Waals surface area contributed by atoms with Gasteiger partial charge in [-0.1, -0.05) is 57.3 Å². The molecule has 4 rings (SSSR count). The summed E-state index contributed by atoms with van der Waals surface area (Å²) in [4.78, 5) is 22.1. The standard InChI is InChI=1S/C21H15BrCl2N4O/c1-28-20-14(10-13(21(28)29)18-15(23)3-2-4-16(18)24)19(25)26-17(27-20)9-11-5-7-12(22)8-6-11/h2-8,10H,9H2,1H3,(H2,25,26,27). The average molecular weight is 490 g/mol. The van der Waals surface area contributed by atoms with Gasteiger partial charge in [-0.05, 0) is 35.9 Å². The fraction of sp³-hybridized carbons (Fsp3) is 0.0952. The van der Waals surface area contributed by atoms with Gasteiger partial charge in [-0.25, -0.2) is 9.97 Å². The quantitative estimate of drug-likeness (QED) is 0.427. The van der Waals surface area contributed by atoms with Crippen LogP contribution in [-0.4, -0.2) is 14.5 Å². The van der Waals surface area contributed by atoms with E-state index in [0.717, 1.165) is 10.0 Å². The molecule has 2 heterocycles. The van der Waals surface area contributed by atoms with Crippen LogP contribution in [-0.2, 0) is 13.5 Å². The van der Waals surface area contributed by atoms with Crippen molar-refractivity contribution in [1.82, 2.24) is 14.5 Å². The van der Waals surface area contributed by atoms with E-state index in [1.54, 1.807) is 31.3 Å². The van der Waals surface area contributed by atoms with Crippen LogP contribution in [0.5, 0.6) is 0 Å². The number of anilines is 1. The van der Waals surface area contributed by atoms with Crippen molar-refractivity contribution in [3.63, 3.8) is 0 Å². The predicted molar refractivity (Wildman–Crippen MR) is 122 cm³/mol. The van der Waals surface area contributed by atoms with E-state index in [9.17, 15) is 4.79 Å². The van der Waals surface area contributed by atoms with Gasteiger partial charge < -0.3 is 5.73 Å². The number of nitrogens with two attached hydrogens (primary N) is 1. The lowest BCUT2D eigenvalue weighted by atomic mass is 10.1. The van der Waals surface area contributed by atoms with E-state index in [1.165, 1.54) is 4.57 Å². The Morgan fingerprint density at radius 2 is 1.72 bits per heavy atom. The zero-order valence-electron chi connectivity index (χ0n) is 15.3. The topological polar surface area (TPSA) is 73.8 Å². The summed E-state index contributed by atoms with van der Waals surface area (Å²) in [6.45, 7) is 0. The Bertz CT molecular complexity index is 1280. The van der Waals surface area contributed by atoms with Crippen LogP contribution in [0.1, 0.15) is 11.4 Å². The maximum absolute atomic E-state index is 13.0. The number of pyridine rings is 1. The van der Waals surface area contributed by atoms with Gasteiger partial charge in [0.25, 0.3) is 5.56 Å². The Morgan fingerprint density at radius 1 is 1.07 bits per heavy atom. The molecule has 0 spiro atoms. The van der Waals surface area contributed by atoms with Crippen molar-refractivity contribution in [1.29, 1.82) is 0 Å². The number of halogens is 3. The summed E-state index contributed by atoms with van der Waals surface area (Å²) < 4.78 is 2.45. The third-order valence-corrected chi connectivity index (χ3v) is 5.81. The highest BCUT2D eigenvalue weighted by Gasteiger charge is 2.18. The predicted octanol–water partition coefficient (Wildman–Crippen LogP) is 5.24. The number of nitrogens with zero attached hydrogens (tertiary/aromatic N) is 3. The van der Waals surface area contributed by atoms with Crippen molar-refractivity contribution in [2.45, 2.75) is 6.42 Å². The third kappa shape index (κ3) is 3.75. The normalized spacial score (nSPS) is 11.2. The fourth-order valence-corrected chi connectivity index (χ4v) is 4.06. The number of hydrogen-bond donors (Lipinski definition) is 1. The number of fused-ring (bicyclic) bond motifs is 1. The Kier molecular flexibility index (Phi) is 5.34. The molecule has 146 valence electrons. The smallest absolute Gasteiger partial charge is 0.259 e. The average Bonchev–Trinajstić information content (AvgIpc) is 2.68. The van der Waals surface area contributed by atoms with E-state index < -0.39 is 0 Å². The third-order valence-electron chi connectivity index (χ3n) is 4.65. The zero-order valence-corrected chi connectivity index (χ0v) is 18.4. The van der Waals surface area contributed by atoms with Gasteiger partial charge in [0.15, 0.2) is 0 Å². The summed E-state index contributed by atoms with van der Waals surface area (Å²) >= 11 is 16.0. The number of aromatic nitrogens is 3. The molecule has 0 saturated heterocycles. The molecule has 2 N–H and O–H groups in total. The SMILES string of the molecule is Cn1c(=O)c(-c2c(Cl)cccc2Cl)cc2c(N)nc(Cc3ccc(Br)cc3)nc21. The van der Waals surface area contributed by atoms with Crippen LogP contribution in [0.3, 0.4) is 0 Å². The van der Waals surface area contributed by atoms with E-state index in [-0.39, 0.29) is 5.56 Å². The molecule has 0 atom stereocenters. The molecule has 0 aliphatic heterocycles. The van der Waals surface area contributed by atoms with Gasteiger partial charge in [-0.15, -0.1) is 0 Å². The molecule has 0 aliphatic carbocycles. The number of benzene rings is 2. The fourth-order valence-electron chi connectivity index (χ4n) is 3.20. The van der Waals surface area contributed by atoms with E-state index in [0.29, 0.717) is 50.3 Å². The van der Waals surface area contributed by atoms with Gasteiger partial charge in [0.1, 0.15) is 17.3 Å². The number of nitrogen functional groups attached to an aromatic ring is 1. The van der Waals surface area contributed by atoms with Crippen molar-refractivity contribution >= 4 is 56.0 Å². The van der Waals surface area contributed by atoms with Crippen molar-refractivity contribution in [3.05, 3.63) is 84.8 Å². The van der Waals surface area contributed by atoms with E-state index in [1.807, 2.05) is 24.3 Å². The Morgan fingerprint density at radius 3 is 2.38 bits per heavy atom. The second kappa shape index (κ2) is 7.78. The summed E-state index contributed by atoms with van der Waals surface area (Å²) in [7, 11) is 1.65. The van der Waals surface area contributed by atoms with Crippen molar-refractivity contribution in [2.24, 2.45) is 7.05 Å². The second-order valence-corrected chi connectivity index (χ2v) is 8.31. The lowest BCUT2D eigenvalue weighted by Gasteiger charge is -2.13. The minimum absolute atomic E-state index is 0.264. The molecule has 0 amide bonds. The first kappa shape index (κ1) is 19.9. The largest absolute Gasteiger partial charge is 0.383 e. The molecule has 0 bridgehead atoms. The molecular formula is C21H15BrCl2N4O. The first-order valence-corrected chi connectivity index (χ1v) is 10.2. The van der Waals surface area contributed by atoms with Crippen molar-refractivity contribution < 1.29 is 0 Å². The zero-order chi connectivity index (χ0) is 20.7. The lowest BCUT2D eigenvalue weighted by molar-refractivity contribution is 0.870. The van der Waals surface area contributed by atoms with Crippen LogP contribution in [0, 0.1) is 0 Å². The van der Waals surface area contributed by atoms with Crippen molar-refractivity contribution in [2.75, 3.05) is 5.73 Å². The minimum atomic E-state index is -0.264. The highest BCUT2D eigenvalue weighted by molar-refractivity contribution is 9.10. The molecule has 0 saturated carbocycles. The van der Waals surface area contributed by atoms with Crippen molar-refractivity contribution in [3.8, 4) is 11.1 Å². The summed E-state index contributed by atoms with van der Waals surface area (Å²) in [5.74, 6) is 0.831. The Labute approximate surface area is 185 Å². The summed E-state index contributed by atoms with van der Waals surface area (Å²) in [6, 6.07) is 14.6. The number of hydrogen-bond acceptors (Lipinski definition) is 4. The number of aryl methyl sites for hydroxylation is 1. The molecule has 29 heavy (non-hydrogen) atoms. The van der Waals surface area contributed by atoms with Gasteiger partial charge >= 0.3 is 0 Å². The molecule has 4 aromatic rings. The Hall–Kier alpha value is -2.41. The monoisotopic (exact) mass is 488 g/mol. The number of rotatable bonds is 3. The summed E-state index contributed by atoms with van der Waals surface area (Å²) in [5.41, 5.74) is 8.29. The minimum Gasteiger partial charge on any atom is -0.383 e. The van der Waals surface area contributed by atoms with Crippen LogP contribution in [0.25, 0.3) is 22.2 Å². The van der Waals surface area contributed by atoms with Gasteiger partial charge in [-0.2, -0.15) is 0 Å². The highest BCUT2D eigenvalue weighted by atomic mass is 79.9. The van der Waals surface area contributed by atoms with Gasteiger partial charge in [0, 0.05) is 23.5 Å². The first-order chi connectivity index (χ1) is 13.8. The molecule has 2 aromatic heterocycles. The summed E-state index contributed by atoms with van der Waals surface area (Å²) in [5, 5.41) is 1.35. The molecule has 0 fully saturated rings. The molecule has 0 aliphatic rings. The maximum atomic E-state index is 13.0. The van der Waals surface area contributed by atoms with Gasteiger partial charge in [-0.3, -0.25) is 9.36 Å².